The average Bonchev–Trinajstić information content (AvgIpc) is 1.64. The summed E-state index contributed by atoms with van der Waals surface area (Å²) in [5.41, 5.74) is 0. The Balaban J connectivity index is 0. The number of rotatable bonds is 3. The van der Waals surface area contributed by atoms with Crippen molar-refractivity contribution in [1.82, 2.24) is 0 Å². The fraction of sp³-hybridized carbons (Fsp3) is 1.00. The molecule has 0 aromatic carbocycles. The molecule has 0 N–H and O–H groups in total. The van der Waals surface area contributed by atoms with Gasteiger partial charge in [-0.05, 0) is 22.4 Å². The second kappa shape index (κ2) is 5.56. The smallest absolute Gasteiger partial charge is 0.143 e. The fourth-order valence-corrected chi connectivity index (χ4v) is 1.08. The van der Waals surface area contributed by atoms with Crippen LogP contribution in [0.25, 0.3) is 0 Å². The van der Waals surface area contributed by atoms with Gasteiger partial charge in [-0.2, -0.15) is 0 Å². The molecule has 0 fully saturated rings. The van der Waals surface area contributed by atoms with Crippen LogP contribution in [0.3, 0.4) is 0 Å². The van der Waals surface area contributed by atoms with Gasteiger partial charge < -0.3 is 21.5 Å². The van der Waals surface area contributed by atoms with Crippen LogP contribution < -0.4 is 17.0 Å². The molecule has 64 valence electrons. The molecule has 1 unspecified atom stereocenters. The number of hydrogen-bond acceptors (Lipinski definition) is 0. The highest BCUT2D eigenvalue weighted by atomic mass is 79.9. The van der Waals surface area contributed by atoms with Crippen molar-refractivity contribution in [2.24, 2.45) is 0 Å². The molecule has 0 aliphatic carbocycles. The zero-order chi connectivity index (χ0) is 7.49. The highest BCUT2D eigenvalue weighted by Gasteiger charge is 2.17. The zero-order valence-electron chi connectivity index (χ0n) is 7.19. The molecule has 0 aliphatic rings. The first-order valence-electron chi connectivity index (χ1n) is 3.43. The maximum absolute atomic E-state index is 3.63. The Morgan fingerprint density at radius 3 is 1.80 bits per heavy atom. The second-order valence-electron chi connectivity index (χ2n) is 3.34. The predicted octanol–water partition coefficient (Wildman–Crippen LogP) is -0.782. The van der Waals surface area contributed by atoms with E-state index in [1.807, 2.05) is 0 Å². The lowest BCUT2D eigenvalue weighted by molar-refractivity contribution is -0.879. The minimum Gasteiger partial charge on any atom is -1.00 e. The SMILES string of the molecule is CCCC(Br)[N+](C)(C)C.[Br-]. The molecule has 0 saturated heterocycles. The number of quaternary nitrogens is 1. The van der Waals surface area contributed by atoms with Crippen LogP contribution in [-0.4, -0.2) is 30.6 Å². The van der Waals surface area contributed by atoms with Crippen molar-refractivity contribution < 1.29 is 21.5 Å². The molecule has 1 nitrogen and oxygen atoms in total. The van der Waals surface area contributed by atoms with E-state index in [0.29, 0.717) is 4.95 Å². The van der Waals surface area contributed by atoms with E-state index < -0.39 is 0 Å². The molecule has 10 heavy (non-hydrogen) atoms. The number of hydrogen-bond donors (Lipinski definition) is 0. The monoisotopic (exact) mass is 273 g/mol. The van der Waals surface area contributed by atoms with Gasteiger partial charge >= 0.3 is 0 Å². The summed E-state index contributed by atoms with van der Waals surface area (Å²) in [5, 5.41) is 0. The van der Waals surface area contributed by atoms with Gasteiger partial charge in [0.1, 0.15) is 4.95 Å². The molecule has 0 aromatic rings. The van der Waals surface area contributed by atoms with Gasteiger partial charge in [0.05, 0.1) is 21.1 Å². The molecule has 0 rings (SSSR count). The van der Waals surface area contributed by atoms with Gasteiger partial charge in [-0.1, -0.05) is 6.92 Å². The fourth-order valence-electron chi connectivity index (χ4n) is 0.626. The van der Waals surface area contributed by atoms with E-state index in [0.717, 1.165) is 4.48 Å². The highest BCUT2D eigenvalue weighted by molar-refractivity contribution is 9.09. The molecule has 1 atom stereocenters. The topological polar surface area (TPSA) is 0 Å². The normalized spacial score (nSPS) is 14.1. The van der Waals surface area contributed by atoms with E-state index in [4.69, 9.17) is 0 Å². The van der Waals surface area contributed by atoms with E-state index in [2.05, 4.69) is 44.0 Å². The van der Waals surface area contributed by atoms with E-state index >= 15 is 0 Å². The maximum Gasteiger partial charge on any atom is 0.143 e. The van der Waals surface area contributed by atoms with Gasteiger partial charge in [0.2, 0.25) is 0 Å². The summed E-state index contributed by atoms with van der Waals surface area (Å²) in [4.78, 5) is 0.613. The van der Waals surface area contributed by atoms with Crippen LogP contribution in [0.1, 0.15) is 19.8 Å². The van der Waals surface area contributed by atoms with Crippen molar-refractivity contribution in [2.75, 3.05) is 21.1 Å². The lowest BCUT2D eigenvalue weighted by atomic mass is 10.3. The summed E-state index contributed by atoms with van der Waals surface area (Å²) in [7, 11) is 6.61. The third kappa shape index (κ3) is 5.69. The van der Waals surface area contributed by atoms with Crippen molar-refractivity contribution in [1.29, 1.82) is 0 Å². The van der Waals surface area contributed by atoms with Crippen molar-refractivity contribution in [3.8, 4) is 0 Å². The van der Waals surface area contributed by atoms with Crippen molar-refractivity contribution in [3.05, 3.63) is 0 Å². The minimum atomic E-state index is 0. The molecule has 0 spiro atoms. The van der Waals surface area contributed by atoms with E-state index in [9.17, 15) is 0 Å². The van der Waals surface area contributed by atoms with Gasteiger partial charge in [-0.15, -0.1) is 0 Å². The zero-order valence-corrected chi connectivity index (χ0v) is 10.4. The summed E-state index contributed by atoms with van der Waals surface area (Å²) in [6.07, 6.45) is 2.51. The van der Waals surface area contributed by atoms with Gasteiger partial charge in [0, 0.05) is 6.42 Å². The number of halogens is 2. The molecule has 0 aliphatic heterocycles. The second-order valence-corrected chi connectivity index (χ2v) is 4.40. The summed E-state index contributed by atoms with van der Waals surface area (Å²) in [5.74, 6) is 0. The molecule has 0 aromatic heterocycles. The van der Waals surface area contributed by atoms with Gasteiger partial charge in [0.25, 0.3) is 0 Å². The van der Waals surface area contributed by atoms with Crippen LogP contribution in [-0.2, 0) is 0 Å². The Morgan fingerprint density at radius 1 is 1.30 bits per heavy atom. The summed E-state index contributed by atoms with van der Waals surface area (Å²) >= 11 is 3.63. The number of nitrogens with zero attached hydrogens (tertiary/aromatic N) is 1. The number of alkyl halides is 1. The molecule has 0 heterocycles. The average molecular weight is 275 g/mol. The first-order valence-corrected chi connectivity index (χ1v) is 4.35. The lowest BCUT2D eigenvalue weighted by Crippen LogP contribution is -3.00. The lowest BCUT2D eigenvalue weighted by Gasteiger charge is -2.29. The molecule has 3 heteroatoms. The first kappa shape index (κ1) is 13.5. The standard InChI is InChI=1S/C7H17BrN.BrH/c1-5-6-7(8)9(2,3)4;/h7H,5-6H2,1-4H3;1H/q+1;/p-1. The van der Waals surface area contributed by atoms with Crippen LogP contribution in [0.2, 0.25) is 0 Å². The van der Waals surface area contributed by atoms with Crippen molar-refractivity contribution in [2.45, 2.75) is 24.7 Å². The first-order chi connectivity index (χ1) is 3.98. The Bertz CT molecular complexity index is 78.2. The quantitative estimate of drug-likeness (QED) is 0.360. The van der Waals surface area contributed by atoms with Crippen LogP contribution >= 0.6 is 15.9 Å². The largest absolute Gasteiger partial charge is 1.00 e. The molecular weight excluding hydrogens is 258 g/mol. The van der Waals surface area contributed by atoms with E-state index in [1.54, 1.807) is 0 Å². The Hall–Kier alpha value is 0.920. The van der Waals surface area contributed by atoms with Crippen LogP contribution in [0.15, 0.2) is 0 Å². The molecule has 0 bridgehead atoms. The van der Waals surface area contributed by atoms with Crippen LogP contribution in [0.5, 0.6) is 0 Å². The Labute approximate surface area is 83.3 Å². The van der Waals surface area contributed by atoms with Gasteiger partial charge in [-0.3, -0.25) is 0 Å². The predicted molar refractivity (Wildman–Crippen MR) is 45.7 cm³/mol. The van der Waals surface area contributed by atoms with Crippen LogP contribution in [0, 0.1) is 0 Å². The molecule has 0 saturated carbocycles. The third-order valence-electron chi connectivity index (χ3n) is 1.37. The van der Waals surface area contributed by atoms with E-state index in [-0.39, 0.29) is 17.0 Å². The third-order valence-corrected chi connectivity index (χ3v) is 3.05. The van der Waals surface area contributed by atoms with Crippen LogP contribution in [0.4, 0.5) is 0 Å². The van der Waals surface area contributed by atoms with E-state index in [1.165, 1.54) is 12.8 Å². The minimum absolute atomic E-state index is 0. The summed E-state index contributed by atoms with van der Waals surface area (Å²) in [6.45, 7) is 2.21. The van der Waals surface area contributed by atoms with Crippen molar-refractivity contribution >= 4 is 15.9 Å². The maximum atomic E-state index is 3.63. The molecule has 0 amide bonds. The van der Waals surface area contributed by atoms with Gasteiger partial charge in [0.15, 0.2) is 0 Å². The molecule has 0 radical (unpaired) electrons. The molecular formula is C7H17Br2N. The van der Waals surface area contributed by atoms with Crippen molar-refractivity contribution in [3.63, 3.8) is 0 Å². The summed E-state index contributed by atoms with van der Waals surface area (Å²) < 4.78 is 1.01. The Morgan fingerprint density at radius 2 is 1.70 bits per heavy atom. The van der Waals surface area contributed by atoms with Gasteiger partial charge in [-0.25, -0.2) is 0 Å². The highest BCUT2D eigenvalue weighted by Crippen LogP contribution is 2.15. The Kier molecular flexibility index (Phi) is 7.50. The summed E-state index contributed by atoms with van der Waals surface area (Å²) in [6, 6.07) is 0.